The van der Waals surface area contributed by atoms with E-state index < -0.39 is 0 Å². The summed E-state index contributed by atoms with van der Waals surface area (Å²) in [6, 6.07) is 13.8. The van der Waals surface area contributed by atoms with Gasteiger partial charge in [0.15, 0.2) is 0 Å². The largest absolute Gasteiger partial charge is 0.0584 e. The maximum absolute atomic E-state index is 2.40. The van der Waals surface area contributed by atoms with Gasteiger partial charge in [-0.15, -0.1) is 0 Å². The molecule has 0 unspecified atom stereocenters. The third-order valence-corrected chi connectivity index (χ3v) is 4.08. The molecule has 1 atom stereocenters. The van der Waals surface area contributed by atoms with Gasteiger partial charge in [0.25, 0.3) is 0 Å². The fourth-order valence-electron chi connectivity index (χ4n) is 3.15. The molecule has 2 aromatic rings. The second kappa shape index (κ2) is 4.28. The number of fused-ring (bicyclic) bond motifs is 1. The van der Waals surface area contributed by atoms with Crippen molar-refractivity contribution >= 4 is 0 Å². The Hall–Kier alpha value is -1.56. The summed E-state index contributed by atoms with van der Waals surface area (Å²) in [7, 11) is 0. The van der Waals surface area contributed by atoms with E-state index in [1.54, 1.807) is 11.1 Å². The first kappa shape index (κ1) is 11.5. The van der Waals surface area contributed by atoms with Crippen molar-refractivity contribution in [1.82, 2.24) is 0 Å². The van der Waals surface area contributed by atoms with E-state index in [1.807, 2.05) is 0 Å². The van der Waals surface area contributed by atoms with Gasteiger partial charge in [0.2, 0.25) is 0 Å². The van der Waals surface area contributed by atoms with Gasteiger partial charge in [0.05, 0.1) is 0 Å². The van der Waals surface area contributed by atoms with Gasteiger partial charge in [0.1, 0.15) is 0 Å². The lowest BCUT2D eigenvalue weighted by molar-refractivity contribution is 0.747. The molecular formula is C18H20. The molecule has 2 aromatic carbocycles. The molecule has 0 spiro atoms. The van der Waals surface area contributed by atoms with E-state index in [9.17, 15) is 0 Å². The van der Waals surface area contributed by atoms with E-state index in [1.165, 1.54) is 35.1 Å². The Morgan fingerprint density at radius 2 is 1.61 bits per heavy atom. The zero-order chi connectivity index (χ0) is 12.7. The van der Waals surface area contributed by atoms with Crippen LogP contribution < -0.4 is 0 Å². The van der Waals surface area contributed by atoms with Gasteiger partial charge in [-0.2, -0.15) is 0 Å². The van der Waals surface area contributed by atoms with Crippen molar-refractivity contribution in [3.63, 3.8) is 0 Å². The molecule has 18 heavy (non-hydrogen) atoms. The predicted molar refractivity (Wildman–Crippen MR) is 78.1 cm³/mol. The third-order valence-electron chi connectivity index (χ3n) is 4.08. The Morgan fingerprint density at radius 1 is 0.889 bits per heavy atom. The molecule has 1 aliphatic rings. The lowest BCUT2D eigenvalue weighted by Gasteiger charge is -2.09. The van der Waals surface area contributed by atoms with E-state index in [0.29, 0.717) is 0 Å². The molecule has 92 valence electrons. The summed E-state index contributed by atoms with van der Waals surface area (Å²) in [4.78, 5) is 0. The fourth-order valence-corrected chi connectivity index (χ4v) is 3.15. The normalized spacial score (nSPS) is 17.8. The zero-order valence-electron chi connectivity index (χ0n) is 11.5. The highest BCUT2D eigenvalue weighted by atomic mass is 14.2. The minimum Gasteiger partial charge on any atom is -0.0584 e. The fraction of sp³-hybridized carbons (Fsp3) is 0.333. The molecule has 0 bridgehead atoms. The molecule has 0 saturated carbocycles. The second-order valence-corrected chi connectivity index (χ2v) is 5.73. The lowest BCUT2D eigenvalue weighted by atomic mass is 9.96. The molecule has 0 heterocycles. The van der Waals surface area contributed by atoms with Crippen LogP contribution in [0.1, 0.15) is 41.5 Å². The van der Waals surface area contributed by atoms with Gasteiger partial charge < -0.3 is 0 Å². The van der Waals surface area contributed by atoms with Gasteiger partial charge in [-0.25, -0.2) is 0 Å². The molecular weight excluding hydrogens is 216 g/mol. The van der Waals surface area contributed by atoms with Crippen molar-refractivity contribution in [2.45, 2.75) is 39.5 Å². The summed E-state index contributed by atoms with van der Waals surface area (Å²) in [5.41, 5.74) is 8.53. The van der Waals surface area contributed by atoms with Crippen LogP contribution in [0.2, 0.25) is 0 Å². The van der Waals surface area contributed by atoms with Crippen LogP contribution in [-0.2, 0) is 6.42 Å². The van der Waals surface area contributed by atoms with E-state index in [4.69, 9.17) is 0 Å². The quantitative estimate of drug-likeness (QED) is 0.652. The number of hydrogen-bond acceptors (Lipinski definition) is 0. The highest BCUT2D eigenvalue weighted by Crippen LogP contribution is 2.35. The van der Waals surface area contributed by atoms with Crippen molar-refractivity contribution in [2.24, 2.45) is 0 Å². The first-order valence-corrected chi connectivity index (χ1v) is 6.85. The number of benzene rings is 2. The average Bonchev–Trinajstić information content (AvgIpc) is 2.69. The molecule has 0 N–H and O–H groups in total. The van der Waals surface area contributed by atoms with Crippen LogP contribution in [0.15, 0.2) is 36.4 Å². The average molecular weight is 236 g/mol. The molecule has 3 rings (SSSR count). The topological polar surface area (TPSA) is 0 Å². The maximum atomic E-state index is 2.40. The van der Waals surface area contributed by atoms with Crippen molar-refractivity contribution in [3.8, 4) is 11.1 Å². The Morgan fingerprint density at radius 3 is 2.33 bits per heavy atom. The Kier molecular flexibility index (Phi) is 2.74. The molecule has 0 heteroatoms. The van der Waals surface area contributed by atoms with Crippen LogP contribution in [-0.4, -0.2) is 0 Å². The summed E-state index contributed by atoms with van der Waals surface area (Å²) in [6.07, 6.45) is 2.56. The summed E-state index contributed by atoms with van der Waals surface area (Å²) in [5, 5.41) is 0. The predicted octanol–water partition coefficient (Wildman–Crippen LogP) is 5.02. The Bertz CT molecular complexity index is 573. The molecule has 1 aliphatic carbocycles. The highest BCUT2D eigenvalue weighted by Gasteiger charge is 2.18. The van der Waals surface area contributed by atoms with E-state index in [0.717, 1.165) is 5.92 Å². The van der Waals surface area contributed by atoms with Gasteiger partial charge in [-0.05, 0) is 54.9 Å². The molecule has 0 radical (unpaired) electrons. The van der Waals surface area contributed by atoms with Crippen LogP contribution >= 0.6 is 0 Å². The van der Waals surface area contributed by atoms with Gasteiger partial charge in [0, 0.05) is 0 Å². The lowest BCUT2D eigenvalue weighted by Crippen LogP contribution is -1.88. The van der Waals surface area contributed by atoms with E-state index in [2.05, 4.69) is 57.2 Å². The van der Waals surface area contributed by atoms with Crippen LogP contribution in [0.5, 0.6) is 0 Å². The first-order chi connectivity index (χ1) is 8.63. The summed E-state index contributed by atoms with van der Waals surface area (Å²) in [5.74, 6) is 0.744. The molecule has 0 fully saturated rings. The Balaban J connectivity index is 2.07. The van der Waals surface area contributed by atoms with E-state index in [-0.39, 0.29) is 0 Å². The van der Waals surface area contributed by atoms with Crippen LogP contribution in [0, 0.1) is 13.8 Å². The smallest absolute Gasteiger partial charge is 0.0179 e. The molecule has 0 amide bonds. The first-order valence-electron chi connectivity index (χ1n) is 6.85. The van der Waals surface area contributed by atoms with Gasteiger partial charge in [-0.3, -0.25) is 0 Å². The number of hydrogen-bond donors (Lipinski definition) is 0. The minimum atomic E-state index is 0.744. The molecule has 0 nitrogen and oxygen atoms in total. The monoisotopic (exact) mass is 236 g/mol. The van der Waals surface area contributed by atoms with Crippen molar-refractivity contribution in [3.05, 3.63) is 58.7 Å². The SMILES string of the molecule is Cc1cc(C)cc(-c2ccc3c(c2)CC[C@@H]3C)c1. The highest BCUT2D eigenvalue weighted by molar-refractivity contribution is 5.67. The molecule has 0 aromatic heterocycles. The van der Waals surface area contributed by atoms with Crippen LogP contribution in [0.3, 0.4) is 0 Å². The third kappa shape index (κ3) is 1.96. The van der Waals surface area contributed by atoms with E-state index >= 15 is 0 Å². The summed E-state index contributed by atoms with van der Waals surface area (Å²) in [6.45, 7) is 6.68. The van der Waals surface area contributed by atoms with Crippen LogP contribution in [0.4, 0.5) is 0 Å². The summed E-state index contributed by atoms with van der Waals surface area (Å²) < 4.78 is 0. The number of aryl methyl sites for hydroxylation is 3. The second-order valence-electron chi connectivity index (χ2n) is 5.73. The van der Waals surface area contributed by atoms with Crippen molar-refractivity contribution in [1.29, 1.82) is 0 Å². The maximum Gasteiger partial charge on any atom is -0.0179 e. The van der Waals surface area contributed by atoms with Crippen LogP contribution in [0.25, 0.3) is 11.1 Å². The Labute approximate surface area is 110 Å². The van der Waals surface area contributed by atoms with Crippen molar-refractivity contribution in [2.75, 3.05) is 0 Å². The minimum absolute atomic E-state index is 0.744. The van der Waals surface area contributed by atoms with Gasteiger partial charge >= 0.3 is 0 Å². The molecule has 0 saturated heterocycles. The standard InChI is InChI=1S/C18H20/c1-12-8-13(2)10-17(9-12)15-6-7-18-14(3)4-5-16(18)11-15/h6-11,14H,4-5H2,1-3H3/t14-/m0/s1. The van der Waals surface area contributed by atoms with Gasteiger partial charge in [-0.1, -0.05) is 54.4 Å². The molecule has 0 aliphatic heterocycles. The number of rotatable bonds is 1. The van der Waals surface area contributed by atoms with Crippen molar-refractivity contribution < 1.29 is 0 Å². The zero-order valence-corrected chi connectivity index (χ0v) is 11.5. The summed E-state index contributed by atoms with van der Waals surface area (Å²) >= 11 is 0.